The largest absolute Gasteiger partial charge is 0.382 e. The zero-order chi connectivity index (χ0) is 21.1. The third-order valence-electron chi connectivity index (χ3n) is 5.28. The fourth-order valence-corrected chi connectivity index (χ4v) is 4.71. The first kappa shape index (κ1) is 21.5. The highest BCUT2D eigenvalue weighted by molar-refractivity contribution is 7.11. The van der Waals surface area contributed by atoms with Gasteiger partial charge in [-0.2, -0.15) is 5.10 Å². The summed E-state index contributed by atoms with van der Waals surface area (Å²) in [7, 11) is 0. The minimum absolute atomic E-state index is 0.0296. The molecule has 0 spiro atoms. The van der Waals surface area contributed by atoms with Crippen LogP contribution in [-0.2, 0) is 13.0 Å². The standard InChI is InChI=1S/C21H31FN6S/c1-13(2)7-16-8-17(22)20(21(23)26-24)18(9-16)28-6-5-27(14(3)11-28)12-19-25-10-15(4)29-19/h8-10,13-14H,5-7,11-12,24H2,1-4H3,(H2,23,26). The Bertz CT molecular complexity index is 878. The van der Waals surface area contributed by atoms with Crippen molar-refractivity contribution in [1.29, 1.82) is 0 Å². The van der Waals surface area contributed by atoms with Gasteiger partial charge in [-0.25, -0.2) is 9.37 Å². The molecule has 1 unspecified atom stereocenters. The van der Waals surface area contributed by atoms with Crippen LogP contribution in [0.5, 0.6) is 0 Å². The third-order valence-corrected chi connectivity index (χ3v) is 6.18. The Morgan fingerprint density at radius 1 is 1.38 bits per heavy atom. The number of benzene rings is 1. The maximum Gasteiger partial charge on any atom is 0.155 e. The molecule has 1 aliphatic heterocycles. The molecule has 1 aromatic heterocycles. The van der Waals surface area contributed by atoms with E-state index in [1.54, 1.807) is 17.4 Å². The SMILES string of the molecule is Cc1cnc(CN2CCN(c3cc(CC(C)C)cc(F)c3/C(N)=N/N)CC2C)s1. The van der Waals surface area contributed by atoms with E-state index >= 15 is 0 Å². The predicted molar refractivity (Wildman–Crippen MR) is 119 cm³/mol. The lowest BCUT2D eigenvalue weighted by molar-refractivity contribution is 0.181. The van der Waals surface area contributed by atoms with E-state index in [2.05, 4.69) is 47.6 Å². The molecule has 1 saturated heterocycles. The van der Waals surface area contributed by atoms with Crippen LogP contribution in [0, 0.1) is 18.7 Å². The van der Waals surface area contributed by atoms with Crippen molar-refractivity contribution in [1.82, 2.24) is 9.88 Å². The molecule has 6 nitrogen and oxygen atoms in total. The summed E-state index contributed by atoms with van der Waals surface area (Å²) in [5.41, 5.74) is 8.01. The topological polar surface area (TPSA) is 83.8 Å². The lowest BCUT2D eigenvalue weighted by Crippen LogP contribution is -2.52. The van der Waals surface area contributed by atoms with E-state index in [1.807, 2.05) is 12.3 Å². The number of halogens is 1. The van der Waals surface area contributed by atoms with Gasteiger partial charge >= 0.3 is 0 Å². The van der Waals surface area contributed by atoms with Crippen LogP contribution in [0.2, 0.25) is 0 Å². The fourth-order valence-electron chi connectivity index (χ4n) is 3.90. The molecule has 29 heavy (non-hydrogen) atoms. The molecule has 158 valence electrons. The Morgan fingerprint density at radius 3 is 2.72 bits per heavy atom. The molecule has 1 atom stereocenters. The second kappa shape index (κ2) is 9.09. The average Bonchev–Trinajstić information content (AvgIpc) is 3.06. The van der Waals surface area contributed by atoms with Gasteiger partial charge in [-0.15, -0.1) is 11.3 Å². The molecule has 0 aliphatic carbocycles. The van der Waals surface area contributed by atoms with Gasteiger partial charge in [0.05, 0.1) is 17.8 Å². The number of hydrazone groups is 1. The number of thiazole rings is 1. The minimum atomic E-state index is -0.363. The summed E-state index contributed by atoms with van der Waals surface area (Å²) in [6, 6.07) is 3.90. The van der Waals surface area contributed by atoms with Crippen LogP contribution in [0.25, 0.3) is 0 Å². The van der Waals surface area contributed by atoms with E-state index in [-0.39, 0.29) is 11.7 Å². The summed E-state index contributed by atoms with van der Waals surface area (Å²) >= 11 is 1.74. The molecule has 4 N–H and O–H groups in total. The number of piperazine rings is 1. The number of amidine groups is 1. The minimum Gasteiger partial charge on any atom is -0.382 e. The number of anilines is 1. The lowest BCUT2D eigenvalue weighted by Gasteiger charge is -2.41. The normalized spacial score (nSPS) is 18.6. The Kier molecular flexibility index (Phi) is 6.74. The van der Waals surface area contributed by atoms with E-state index < -0.39 is 0 Å². The summed E-state index contributed by atoms with van der Waals surface area (Å²) < 4.78 is 15.0. The second-order valence-corrected chi connectivity index (χ2v) is 9.53. The number of hydrogen-bond donors (Lipinski definition) is 2. The summed E-state index contributed by atoms with van der Waals surface area (Å²) in [5.74, 6) is 5.49. The maximum absolute atomic E-state index is 15.0. The first-order valence-corrected chi connectivity index (χ1v) is 10.9. The molecule has 1 aromatic carbocycles. The monoisotopic (exact) mass is 418 g/mol. The summed E-state index contributed by atoms with van der Waals surface area (Å²) in [4.78, 5) is 10.3. The quantitative estimate of drug-likeness (QED) is 0.326. The van der Waals surface area contributed by atoms with Crippen molar-refractivity contribution < 1.29 is 4.39 Å². The molecule has 8 heteroatoms. The van der Waals surface area contributed by atoms with Crippen molar-refractivity contribution in [3.63, 3.8) is 0 Å². The van der Waals surface area contributed by atoms with E-state index in [1.165, 1.54) is 4.88 Å². The van der Waals surface area contributed by atoms with E-state index in [0.29, 0.717) is 17.5 Å². The predicted octanol–water partition coefficient (Wildman–Crippen LogP) is 3.08. The summed E-state index contributed by atoms with van der Waals surface area (Å²) in [6.07, 6.45) is 2.73. The van der Waals surface area contributed by atoms with Crippen molar-refractivity contribution in [2.75, 3.05) is 24.5 Å². The first-order valence-electron chi connectivity index (χ1n) is 10.0. The van der Waals surface area contributed by atoms with E-state index in [4.69, 9.17) is 11.6 Å². The molecule has 2 heterocycles. The van der Waals surface area contributed by atoms with Gasteiger partial charge in [-0.05, 0) is 43.9 Å². The van der Waals surface area contributed by atoms with E-state index in [0.717, 1.165) is 48.9 Å². The molecule has 1 fully saturated rings. The van der Waals surface area contributed by atoms with Gasteiger partial charge < -0.3 is 16.5 Å². The van der Waals surface area contributed by atoms with Crippen LogP contribution in [0.15, 0.2) is 23.4 Å². The van der Waals surface area contributed by atoms with Gasteiger partial charge in [-0.1, -0.05) is 13.8 Å². The van der Waals surface area contributed by atoms with Crippen molar-refractivity contribution in [3.8, 4) is 0 Å². The highest BCUT2D eigenvalue weighted by atomic mass is 32.1. The Balaban J connectivity index is 1.84. The molecule has 0 amide bonds. The number of nitrogens with zero attached hydrogens (tertiary/aromatic N) is 4. The molecule has 1 aliphatic rings. The molecule has 2 aromatic rings. The van der Waals surface area contributed by atoms with Crippen LogP contribution in [0.4, 0.5) is 10.1 Å². The van der Waals surface area contributed by atoms with Crippen LogP contribution in [0.3, 0.4) is 0 Å². The first-order chi connectivity index (χ1) is 13.8. The van der Waals surface area contributed by atoms with Crippen LogP contribution in [-0.4, -0.2) is 41.4 Å². The third kappa shape index (κ3) is 5.05. The lowest BCUT2D eigenvalue weighted by atomic mass is 9.98. The van der Waals surface area contributed by atoms with Gasteiger partial charge in [0.25, 0.3) is 0 Å². The van der Waals surface area contributed by atoms with Gasteiger partial charge in [0.1, 0.15) is 10.8 Å². The van der Waals surface area contributed by atoms with Crippen LogP contribution >= 0.6 is 11.3 Å². The van der Waals surface area contributed by atoms with Gasteiger partial charge in [0.15, 0.2) is 5.84 Å². The summed E-state index contributed by atoms with van der Waals surface area (Å²) in [5, 5.41) is 4.70. The molecule has 3 rings (SSSR count). The van der Waals surface area contributed by atoms with Crippen molar-refractivity contribution in [2.24, 2.45) is 22.6 Å². The van der Waals surface area contributed by atoms with Gasteiger partial charge in [0, 0.05) is 36.8 Å². The smallest absolute Gasteiger partial charge is 0.155 e. The Labute approximate surface area is 176 Å². The number of rotatable bonds is 6. The molecule has 0 saturated carbocycles. The average molecular weight is 419 g/mol. The van der Waals surface area contributed by atoms with Crippen molar-refractivity contribution in [3.05, 3.63) is 45.2 Å². The highest BCUT2D eigenvalue weighted by Gasteiger charge is 2.28. The molecule has 0 bridgehead atoms. The molecular formula is C21H31FN6S. The Hall–Kier alpha value is -2.19. The zero-order valence-corrected chi connectivity index (χ0v) is 18.5. The highest BCUT2D eigenvalue weighted by Crippen LogP contribution is 2.29. The Morgan fingerprint density at radius 2 is 2.14 bits per heavy atom. The number of aromatic nitrogens is 1. The number of nitrogens with two attached hydrogens (primary N) is 2. The fraction of sp³-hybridized carbons (Fsp3) is 0.524. The van der Waals surface area contributed by atoms with E-state index in [9.17, 15) is 4.39 Å². The van der Waals surface area contributed by atoms with Crippen LogP contribution < -0.4 is 16.5 Å². The van der Waals surface area contributed by atoms with Crippen molar-refractivity contribution >= 4 is 22.9 Å². The molecule has 0 radical (unpaired) electrons. The molecular weight excluding hydrogens is 387 g/mol. The van der Waals surface area contributed by atoms with Crippen molar-refractivity contribution in [2.45, 2.75) is 46.7 Å². The van der Waals surface area contributed by atoms with Crippen LogP contribution in [0.1, 0.15) is 41.8 Å². The van der Waals surface area contributed by atoms with Gasteiger partial charge in [-0.3, -0.25) is 4.90 Å². The van der Waals surface area contributed by atoms with Gasteiger partial charge in [0.2, 0.25) is 0 Å². The number of hydrogen-bond acceptors (Lipinski definition) is 6. The second-order valence-electron chi connectivity index (χ2n) is 8.21. The summed E-state index contributed by atoms with van der Waals surface area (Å²) in [6.45, 7) is 11.8. The maximum atomic E-state index is 15.0. The zero-order valence-electron chi connectivity index (χ0n) is 17.7. The number of aryl methyl sites for hydroxylation is 1.